The van der Waals surface area contributed by atoms with E-state index in [2.05, 4.69) is 10.3 Å². The van der Waals surface area contributed by atoms with Crippen LogP contribution in [0.25, 0.3) is 5.57 Å². The van der Waals surface area contributed by atoms with Crippen molar-refractivity contribution in [3.05, 3.63) is 64.2 Å². The monoisotopic (exact) mass is 423 g/mol. The van der Waals surface area contributed by atoms with Crippen LogP contribution in [-0.4, -0.2) is 45.8 Å². The van der Waals surface area contributed by atoms with Crippen LogP contribution in [0.15, 0.2) is 36.5 Å². The first-order valence-corrected chi connectivity index (χ1v) is 9.34. The minimum absolute atomic E-state index is 0.0598. The Balaban J connectivity index is 1.66. The molecule has 0 spiro atoms. The number of aliphatic hydroxyl groups is 2. The Labute approximate surface area is 171 Å². The second-order valence-electron chi connectivity index (χ2n) is 6.59. The van der Waals surface area contributed by atoms with Gasteiger partial charge in [0, 0.05) is 36.1 Å². The van der Waals surface area contributed by atoms with E-state index in [-0.39, 0.29) is 11.3 Å². The zero-order valence-electron chi connectivity index (χ0n) is 15.4. The van der Waals surface area contributed by atoms with Crippen molar-refractivity contribution in [2.45, 2.75) is 19.2 Å². The predicted molar refractivity (Wildman–Crippen MR) is 106 cm³/mol. The van der Waals surface area contributed by atoms with Crippen molar-refractivity contribution in [2.24, 2.45) is 0 Å². The van der Waals surface area contributed by atoms with Gasteiger partial charge in [0.2, 0.25) is 0 Å². The molecule has 0 bridgehead atoms. The third-order valence-electron chi connectivity index (χ3n) is 4.67. The molecule has 2 amide bonds. The Morgan fingerprint density at radius 3 is 2.76 bits per heavy atom. The SMILES string of the molecule is O=C(Nc1ccc(CF)c(F)c1)N1CC=C(c2ncc([C@@H](O)CO)cc2Cl)CC1. The Kier molecular flexibility index (Phi) is 6.79. The first-order chi connectivity index (χ1) is 13.9. The van der Waals surface area contributed by atoms with Gasteiger partial charge in [0.25, 0.3) is 0 Å². The molecule has 0 aliphatic carbocycles. The first-order valence-electron chi connectivity index (χ1n) is 8.97. The minimum Gasteiger partial charge on any atom is -0.393 e. The molecule has 0 fully saturated rings. The van der Waals surface area contributed by atoms with Gasteiger partial charge < -0.3 is 20.4 Å². The van der Waals surface area contributed by atoms with Crippen molar-refractivity contribution < 1.29 is 23.8 Å². The van der Waals surface area contributed by atoms with Gasteiger partial charge in [-0.1, -0.05) is 23.7 Å². The summed E-state index contributed by atoms with van der Waals surface area (Å²) in [5.74, 6) is -0.707. The largest absolute Gasteiger partial charge is 0.393 e. The highest BCUT2D eigenvalue weighted by atomic mass is 35.5. The fourth-order valence-corrected chi connectivity index (χ4v) is 3.28. The average molecular weight is 424 g/mol. The van der Waals surface area contributed by atoms with Gasteiger partial charge in [0.05, 0.1) is 17.3 Å². The summed E-state index contributed by atoms with van der Waals surface area (Å²) in [5, 5.41) is 21.6. The molecular formula is C20H20ClF2N3O3. The van der Waals surface area contributed by atoms with Crippen molar-refractivity contribution in [2.75, 3.05) is 25.0 Å². The number of nitrogens with one attached hydrogen (secondary N) is 1. The third-order valence-corrected chi connectivity index (χ3v) is 4.96. The highest BCUT2D eigenvalue weighted by Gasteiger charge is 2.21. The van der Waals surface area contributed by atoms with E-state index in [9.17, 15) is 18.7 Å². The van der Waals surface area contributed by atoms with Crippen LogP contribution in [0.5, 0.6) is 0 Å². The summed E-state index contributed by atoms with van der Waals surface area (Å²) in [4.78, 5) is 18.2. The molecule has 1 atom stereocenters. The van der Waals surface area contributed by atoms with Crippen LogP contribution >= 0.6 is 11.6 Å². The summed E-state index contributed by atoms with van der Waals surface area (Å²) in [6, 6.07) is 5.00. The number of carbonyl (C=O) groups is 1. The quantitative estimate of drug-likeness (QED) is 0.684. The Hall–Kier alpha value is -2.55. The van der Waals surface area contributed by atoms with Crippen molar-refractivity contribution in [1.82, 2.24) is 9.88 Å². The summed E-state index contributed by atoms with van der Waals surface area (Å²) in [6.07, 6.45) is 2.75. The van der Waals surface area contributed by atoms with Gasteiger partial charge in [-0.25, -0.2) is 13.6 Å². The molecule has 0 saturated heterocycles. The van der Waals surface area contributed by atoms with Gasteiger partial charge >= 0.3 is 6.03 Å². The number of benzene rings is 1. The fourth-order valence-electron chi connectivity index (χ4n) is 2.98. The first kappa shape index (κ1) is 21.2. The van der Waals surface area contributed by atoms with Crippen molar-refractivity contribution in [3.63, 3.8) is 0 Å². The molecule has 1 aromatic heterocycles. The zero-order valence-corrected chi connectivity index (χ0v) is 16.2. The molecule has 2 aromatic rings. The van der Waals surface area contributed by atoms with Gasteiger partial charge in [-0.05, 0) is 30.2 Å². The van der Waals surface area contributed by atoms with E-state index in [4.69, 9.17) is 16.7 Å². The number of urea groups is 1. The van der Waals surface area contributed by atoms with E-state index in [1.807, 2.05) is 6.08 Å². The number of aromatic nitrogens is 1. The van der Waals surface area contributed by atoms with Gasteiger partial charge in [-0.3, -0.25) is 4.98 Å². The Bertz CT molecular complexity index is 939. The lowest BCUT2D eigenvalue weighted by Crippen LogP contribution is -2.38. The molecular weight excluding hydrogens is 404 g/mol. The number of rotatable bonds is 5. The van der Waals surface area contributed by atoms with Gasteiger partial charge in [0.15, 0.2) is 0 Å². The number of halogens is 3. The van der Waals surface area contributed by atoms with E-state index in [1.165, 1.54) is 18.3 Å². The normalized spacial score (nSPS) is 15.1. The van der Waals surface area contributed by atoms with E-state index in [1.54, 1.807) is 11.0 Å². The molecule has 9 heteroatoms. The lowest BCUT2D eigenvalue weighted by Gasteiger charge is -2.27. The Morgan fingerprint density at radius 2 is 2.17 bits per heavy atom. The van der Waals surface area contributed by atoms with Gasteiger partial charge in [0.1, 0.15) is 18.6 Å². The molecule has 3 rings (SSSR count). The Morgan fingerprint density at radius 1 is 1.38 bits per heavy atom. The van der Waals surface area contributed by atoms with E-state index >= 15 is 0 Å². The number of hydrogen-bond donors (Lipinski definition) is 3. The maximum absolute atomic E-state index is 13.7. The van der Waals surface area contributed by atoms with E-state index < -0.39 is 31.2 Å². The highest BCUT2D eigenvalue weighted by Crippen LogP contribution is 2.29. The van der Waals surface area contributed by atoms with Gasteiger partial charge in [-0.15, -0.1) is 0 Å². The van der Waals surface area contributed by atoms with E-state index in [0.717, 1.165) is 11.6 Å². The number of anilines is 1. The zero-order chi connectivity index (χ0) is 21.0. The smallest absolute Gasteiger partial charge is 0.322 e. The number of pyridine rings is 1. The summed E-state index contributed by atoms with van der Waals surface area (Å²) in [7, 11) is 0. The fraction of sp³-hybridized carbons (Fsp3) is 0.300. The van der Waals surface area contributed by atoms with Crippen LogP contribution in [0.2, 0.25) is 5.02 Å². The van der Waals surface area contributed by atoms with E-state index in [0.29, 0.717) is 35.8 Å². The van der Waals surface area contributed by atoms with Crippen molar-refractivity contribution >= 4 is 28.9 Å². The summed E-state index contributed by atoms with van der Waals surface area (Å²) < 4.78 is 26.2. The van der Waals surface area contributed by atoms with Crippen LogP contribution in [-0.2, 0) is 6.67 Å². The minimum atomic E-state index is -1.04. The summed E-state index contributed by atoms with van der Waals surface area (Å²) >= 11 is 6.26. The predicted octanol–water partition coefficient (Wildman–Crippen LogP) is 3.69. The average Bonchev–Trinajstić information content (AvgIpc) is 2.73. The molecule has 1 aliphatic heterocycles. The molecule has 3 N–H and O–H groups in total. The number of carbonyl (C=O) groups excluding carboxylic acids is 1. The summed E-state index contributed by atoms with van der Waals surface area (Å²) in [5.41, 5.74) is 2.04. The number of hydrogen-bond acceptors (Lipinski definition) is 4. The topological polar surface area (TPSA) is 85.7 Å². The van der Waals surface area contributed by atoms with Crippen LogP contribution < -0.4 is 5.32 Å². The van der Waals surface area contributed by atoms with Crippen LogP contribution in [0.4, 0.5) is 19.3 Å². The molecule has 0 radical (unpaired) electrons. The third kappa shape index (κ3) is 4.90. The number of nitrogens with zero attached hydrogens (tertiary/aromatic N) is 2. The second kappa shape index (κ2) is 9.30. The molecule has 1 aromatic carbocycles. The maximum Gasteiger partial charge on any atom is 0.322 e. The molecule has 1 aliphatic rings. The lowest BCUT2D eigenvalue weighted by molar-refractivity contribution is 0.0953. The van der Waals surface area contributed by atoms with Gasteiger partial charge in [-0.2, -0.15) is 0 Å². The standard InChI is InChI=1S/C20H20ClF2N3O3/c21-16-7-14(18(28)11-27)10-24-19(16)12-3-5-26(6-4-12)20(29)25-15-2-1-13(9-22)17(23)8-15/h1-3,7-8,10,18,27-28H,4-6,9,11H2,(H,25,29)/t18-/m0/s1. The number of alkyl halides is 1. The number of amides is 2. The van der Waals surface area contributed by atoms with Crippen LogP contribution in [0.1, 0.15) is 29.3 Å². The van der Waals surface area contributed by atoms with Crippen molar-refractivity contribution in [3.8, 4) is 0 Å². The van der Waals surface area contributed by atoms with Crippen molar-refractivity contribution in [1.29, 1.82) is 0 Å². The number of aliphatic hydroxyl groups excluding tert-OH is 2. The molecule has 29 heavy (non-hydrogen) atoms. The highest BCUT2D eigenvalue weighted by molar-refractivity contribution is 6.32. The second-order valence-corrected chi connectivity index (χ2v) is 7.00. The molecule has 0 saturated carbocycles. The molecule has 0 unspecified atom stereocenters. The molecule has 6 nitrogen and oxygen atoms in total. The lowest BCUT2D eigenvalue weighted by atomic mass is 10.0. The molecule has 154 valence electrons. The van der Waals surface area contributed by atoms with Crippen LogP contribution in [0.3, 0.4) is 0 Å². The maximum atomic E-state index is 13.7. The van der Waals surface area contributed by atoms with Crippen LogP contribution in [0, 0.1) is 5.82 Å². The molecule has 2 heterocycles. The summed E-state index contributed by atoms with van der Waals surface area (Å²) in [6.45, 7) is -0.617.